The van der Waals surface area contributed by atoms with Gasteiger partial charge in [-0.2, -0.15) is 0 Å². The molecule has 0 aliphatic carbocycles. The molecule has 0 saturated carbocycles. The molecule has 1 saturated heterocycles. The largest absolute Gasteiger partial charge is 0.481 e. The number of nitrogens with zero attached hydrogens (tertiary/aromatic N) is 1. The van der Waals surface area contributed by atoms with E-state index in [1.165, 1.54) is 0 Å². The van der Waals surface area contributed by atoms with E-state index in [2.05, 4.69) is 17.2 Å². The fourth-order valence-electron chi connectivity index (χ4n) is 2.57. The van der Waals surface area contributed by atoms with Crippen molar-refractivity contribution < 1.29 is 14.7 Å². The van der Waals surface area contributed by atoms with Crippen molar-refractivity contribution in [2.45, 2.75) is 39.5 Å². The number of hydrogen-bond donors (Lipinski definition) is 2. The number of likely N-dealkylation sites (tertiary alicyclic amines) is 1. The third-order valence-electron chi connectivity index (χ3n) is 3.75. The molecule has 0 bridgehead atoms. The van der Waals surface area contributed by atoms with Gasteiger partial charge in [0.2, 0.25) is 0 Å². The van der Waals surface area contributed by atoms with Crippen LogP contribution in [-0.2, 0) is 4.79 Å². The number of carbonyl (C=O) groups is 2. The summed E-state index contributed by atoms with van der Waals surface area (Å²) in [6.07, 6.45) is 2.78. The predicted octanol–water partition coefficient (Wildman–Crippen LogP) is 1.93. The summed E-state index contributed by atoms with van der Waals surface area (Å²) in [6.45, 7) is 5.70. The molecule has 2 N–H and O–H groups in total. The van der Waals surface area contributed by atoms with E-state index in [1.54, 1.807) is 11.8 Å². The molecule has 2 unspecified atom stereocenters. The molecule has 1 rings (SSSR count). The first-order chi connectivity index (χ1) is 9.54. The first kappa shape index (κ1) is 16.4. The lowest BCUT2D eigenvalue weighted by atomic mass is 9.85. The zero-order valence-corrected chi connectivity index (χ0v) is 12.3. The van der Waals surface area contributed by atoms with Crippen molar-refractivity contribution in [3.05, 3.63) is 0 Å². The van der Waals surface area contributed by atoms with E-state index in [0.29, 0.717) is 19.5 Å². The van der Waals surface area contributed by atoms with Crippen molar-refractivity contribution in [1.29, 1.82) is 0 Å². The van der Waals surface area contributed by atoms with Crippen LogP contribution < -0.4 is 5.32 Å². The minimum absolute atomic E-state index is 0.0601. The van der Waals surface area contributed by atoms with Gasteiger partial charge in [0, 0.05) is 32.5 Å². The topological polar surface area (TPSA) is 69.6 Å². The first-order valence-electron chi connectivity index (χ1n) is 7.18. The molecule has 0 aromatic carbocycles. The van der Waals surface area contributed by atoms with Gasteiger partial charge in [-0.3, -0.25) is 4.79 Å². The van der Waals surface area contributed by atoms with Gasteiger partial charge in [0.1, 0.15) is 0 Å². The summed E-state index contributed by atoms with van der Waals surface area (Å²) in [5, 5.41) is 11.7. The van der Waals surface area contributed by atoms with Crippen LogP contribution in [0.5, 0.6) is 0 Å². The summed E-state index contributed by atoms with van der Waals surface area (Å²) in [4.78, 5) is 24.6. The molecule has 112 valence electrons. The van der Waals surface area contributed by atoms with Gasteiger partial charge in [0.05, 0.1) is 0 Å². The van der Waals surface area contributed by atoms with Crippen LogP contribution in [0.2, 0.25) is 0 Å². The fraction of sp³-hybridized carbons (Fsp3) is 0.733. The zero-order chi connectivity index (χ0) is 15.0. The number of carboxylic acids is 1. The molecule has 1 fully saturated rings. The molecule has 2 atom stereocenters. The molecule has 20 heavy (non-hydrogen) atoms. The fourth-order valence-corrected chi connectivity index (χ4v) is 2.57. The average Bonchev–Trinajstić information content (AvgIpc) is 2.43. The Balaban J connectivity index is 2.40. The number of urea groups is 1. The molecular formula is C15H24N2O3. The quantitative estimate of drug-likeness (QED) is 0.597. The van der Waals surface area contributed by atoms with Crippen molar-refractivity contribution in [3.63, 3.8) is 0 Å². The van der Waals surface area contributed by atoms with Gasteiger partial charge in [-0.15, -0.1) is 11.8 Å². The van der Waals surface area contributed by atoms with Gasteiger partial charge >= 0.3 is 12.0 Å². The minimum Gasteiger partial charge on any atom is -0.481 e. The van der Waals surface area contributed by atoms with Crippen molar-refractivity contribution in [3.8, 4) is 11.8 Å². The molecule has 1 aliphatic rings. The van der Waals surface area contributed by atoms with Gasteiger partial charge < -0.3 is 15.3 Å². The maximum absolute atomic E-state index is 12.0. The Kier molecular flexibility index (Phi) is 6.92. The van der Waals surface area contributed by atoms with Crippen molar-refractivity contribution in [1.82, 2.24) is 10.2 Å². The second-order valence-corrected chi connectivity index (χ2v) is 5.33. The van der Waals surface area contributed by atoms with E-state index in [-0.39, 0.29) is 24.3 Å². The Morgan fingerprint density at radius 1 is 1.50 bits per heavy atom. The van der Waals surface area contributed by atoms with Crippen LogP contribution in [0.1, 0.15) is 39.5 Å². The van der Waals surface area contributed by atoms with E-state index in [1.807, 2.05) is 6.92 Å². The van der Waals surface area contributed by atoms with Crippen LogP contribution in [0.15, 0.2) is 0 Å². The number of carbonyl (C=O) groups excluding carboxylic acids is 1. The molecule has 1 aliphatic heterocycles. The highest BCUT2D eigenvalue weighted by molar-refractivity contribution is 5.74. The highest BCUT2D eigenvalue weighted by Crippen LogP contribution is 2.26. The van der Waals surface area contributed by atoms with Crippen molar-refractivity contribution in [2.24, 2.45) is 11.8 Å². The average molecular weight is 280 g/mol. The Morgan fingerprint density at radius 3 is 2.90 bits per heavy atom. The second kappa shape index (κ2) is 8.47. The monoisotopic (exact) mass is 280 g/mol. The zero-order valence-electron chi connectivity index (χ0n) is 12.3. The highest BCUT2D eigenvalue weighted by Gasteiger charge is 2.28. The smallest absolute Gasteiger partial charge is 0.317 e. The standard InChI is InChI=1S/C15H24N2O3/c1-3-4-5-8-16-15(20)17-9-6-7-13(11-17)12(2)10-14(18)19/h12-13H,5-11H2,1-2H3,(H,16,20)(H,18,19). The van der Waals surface area contributed by atoms with Gasteiger partial charge in [0.15, 0.2) is 0 Å². The number of rotatable bonds is 5. The Labute approximate surface area is 120 Å². The molecule has 5 nitrogen and oxygen atoms in total. The summed E-state index contributed by atoms with van der Waals surface area (Å²) in [5.41, 5.74) is 0. The van der Waals surface area contributed by atoms with E-state index >= 15 is 0 Å². The molecule has 5 heteroatoms. The van der Waals surface area contributed by atoms with Crippen molar-refractivity contribution in [2.75, 3.05) is 19.6 Å². The molecule has 1 heterocycles. The molecular weight excluding hydrogens is 256 g/mol. The van der Waals surface area contributed by atoms with E-state index in [0.717, 1.165) is 19.4 Å². The van der Waals surface area contributed by atoms with E-state index in [9.17, 15) is 9.59 Å². The van der Waals surface area contributed by atoms with Crippen LogP contribution in [0.3, 0.4) is 0 Å². The summed E-state index contributed by atoms with van der Waals surface area (Å²) in [5.74, 6) is 5.32. The molecule has 2 amide bonds. The third-order valence-corrected chi connectivity index (χ3v) is 3.75. The number of hydrogen-bond acceptors (Lipinski definition) is 2. The maximum atomic E-state index is 12.0. The summed E-state index contributed by atoms with van der Waals surface area (Å²) < 4.78 is 0. The number of carboxylic acid groups (broad SMARTS) is 1. The van der Waals surface area contributed by atoms with Crippen LogP contribution in [0.4, 0.5) is 4.79 Å². The van der Waals surface area contributed by atoms with Crippen LogP contribution in [0, 0.1) is 23.7 Å². The normalized spacial score (nSPS) is 19.7. The van der Waals surface area contributed by atoms with E-state index in [4.69, 9.17) is 5.11 Å². The number of piperidine rings is 1. The number of aliphatic carboxylic acids is 1. The van der Waals surface area contributed by atoms with Crippen LogP contribution >= 0.6 is 0 Å². The minimum atomic E-state index is -0.766. The maximum Gasteiger partial charge on any atom is 0.317 e. The number of nitrogens with one attached hydrogen (secondary N) is 1. The summed E-state index contributed by atoms with van der Waals surface area (Å²) >= 11 is 0. The summed E-state index contributed by atoms with van der Waals surface area (Å²) in [6, 6.07) is -0.0601. The molecule has 0 radical (unpaired) electrons. The second-order valence-electron chi connectivity index (χ2n) is 5.33. The Hall–Kier alpha value is -1.70. The lowest BCUT2D eigenvalue weighted by molar-refractivity contribution is -0.138. The highest BCUT2D eigenvalue weighted by atomic mass is 16.4. The number of amides is 2. The van der Waals surface area contributed by atoms with Crippen LogP contribution in [-0.4, -0.2) is 41.6 Å². The molecule has 0 aromatic heterocycles. The molecule has 0 spiro atoms. The molecule has 0 aromatic rings. The predicted molar refractivity (Wildman–Crippen MR) is 77.2 cm³/mol. The third kappa shape index (κ3) is 5.52. The summed E-state index contributed by atoms with van der Waals surface area (Å²) in [7, 11) is 0. The van der Waals surface area contributed by atoms with Crippen LogP contribution in [0.25, 0.3) is 0 Å². The van der Waals surface area contributed by atoms with Gasteiger partial charge in [-0.1, -0.05) is 6.92 Å². The Bertz CT molecular complexity index is 398. The van der Waals surface area contributed by atoms with Gasteiger partial charge in [-0.05, 0) is 31.6 Å². The Morgan fingerprint density at radius 2 is 2.25 bits per heavy atom. The van der Waals surface area contributed by atoms with Gasteiger partial charge in [0.25, 0.3) is 0 Å². The lowest BCUT2D eigenvalue weighted by Crippen LogP contribution is -2.47. The lowest BCUT2D eigenvalue weighted by Gasteiger charge is -2.35. The first-order valence-corrected chi connectivity index (χ1v) is 7.18. The SMILES string of the molecule is CC#CCCNC(=O)N1CCCC(C(C)CC(=O)O)C1. The van der Waals surface area contributed by atoms with Gasteiger partial charge in [-0.25, -0.2) is 4.79 Å². The van der Waals surface area contributed by atoms with Crippen molar-refractivity contribution >= 4 is 12.0 Å². The van der Waals surface area contributed by atoms with E-state index < -0.39 is 5.97 Å².